The molecular formula is C10H16N2O3S. The van der Waals surface area contributed by atoms with Crippen molar-refractivity contribution >= 4 is 15.7 Å². The molecule has 6 heteroatoms. The van der Waals surface area contributed by atoms with Crippen LogP contribution in [-0.4, -0.2) is 26.2 Å². The first kappa shape index (κ1) is 13.0. The monoisotopic (exact) mass is 244 g/mol. The largest absolute Gasteiger partial charge is 0.398 e. The number of aliphatic hydroxyl groups is 1. The van der Waals surface area contributed by atoms with Crippen molar-refractivity contribution < 1.29 is 13.5 Å². The van der Waals surface area contributed by atoms with E-state index in [0.29, 0.717) is 5.69 Å². The highest BCUT2D eigenvalue weighted by molar-refractivity contribution is 7.89. The average molecular weight is 244 g/mol. The summed E-state index contributed by atoms with van der Waals surface area (Å²) < 4.78 is 25.7. The number of benzene rings is 1. The fraction of sp³-hybridized carbons (Fsp3) is 0.400. The quantitative estimate of drug-likeness (QED) is 0.661. The molecule has 0 aliphatic rings. The van der Waals surface area contributed by atoms with Gasteiger partial charge in [0.2, 0.25) is 10.0 Å². The number of hydrogen-bond donors (Lipinski definition) is 3. The lowest BCUT2D eigenvalue weighted by Gasteiger charge is -2.09. The Hall–Kier alpha value is -1.11. The van der Waals surface area contributed by atoms with Crippen molar-refractivity contribution in [2.45, 2.75) is 24.8 Å². The minimum absolute atomic E-state index is 0.0177. The summed E-state index contributed by atoms with van der Waals surface area (Å²) in [6, 6.07) is 4.53. The number of nitrogens with one attached hydrogen (secondary N) is 1. The van der Waals surface area contributed by atoms with Gasteiger partial charge in [0.1, 0.15) is 0 Å². The number of sulfonamides is 1. The summed E-state index contributed by atoms with van der Waals surface area (Å²) >= 11 is 0. The number of hydrogen-bond acceptors (Lipinski definition) is 4. The molecule has 0 saturated heterocycles. The maximum Gasteiger partial charge on any atom is 0.240 e. The lowest BCUT2D eigenvalue weighted by atomic mass is 10.2. The summed E-state index contributed by atoms with van der Waals surface area (Å²) in [7, 11) is -3.58. The zero-order valence-electron chi connectivity index (χ0n) is 9.27. The third kappa shape index (κ3) is 3.19. The Labute approximate surface area is 95.3 Å². The Bertz CT molecular complexity index is 469. The third-order valence-corrected chi connectivity index (χ3v) is 3.55. The molecule has 1 aromatic rings. The lowest BCUT2D eigenvalue weighted by molar-refractivity contribution is 0.198. The summed E-state index contributed by atoms with van der Waals surface area (Å²) in [6.07, 6.45) is -0.724. The molecule has 0 aliphatic carbocycles. The second-order valence-electron chi connectivity index (χ2n) is 3.72. The zero-order chi connectivity index (χ0) is 12.3. The maximum atomic E-state index is 11.7. The number of nitrogens with two attached hydrogens (primary N) is 1. The molecule has 1 unspecified atom stereocenters. The SMILES string of the molecule is Cc1ccc(S(=O)(=O)NCC(C)O)cc1N. The molecule has 1 aromatic carbocycles. The van der Waals surface area contributed by atoms with E-state index in [1.165, 1.54) is 19.1 Å². The molecule has 1 atom stereocenters. The summed E-state index contributed by atoms with van der Waals surface area (Å²) in [4.78, 5) is 0.108. The van der Waals surface area contributed by atoms with E-state index < -0.39 is 16.1 Å². The fourth-order valence-corrected chi connectivity index (χ4v) is 2.26. The predicted molar refractivity (Wildman–Crippen MR) is 62.5 cm³/mol. The van der Waals surface area contributed by atoms with Crippen molar-refractivity contribution in [3.63, 3.8) is 0 Å². The number of aliphatic hydroxyl groups excluding tert-OH is 1. The van der Waals surface area contributed by atoms with E-state index >= 15 is 0 Å². The van der Waals surface area contributed by atoms with Gasteiger partial charge in [0.15, 0.2) is 0 Å². The molecule has 4 N–H and O–H groups in total. The van der Waals surface area contributed by atoms with Gasteiger partial charge in [-0.2, -0.15) is 0 Å². The van der Waals surface area contributed by atoms with Gasteiger partial charge in [-0.15, -0.1) is 0 Å². The van der Waals surface area contributed by atoms with Crippen molar-refractivity contribution in [2.75, 3.05) is 12.3 Å². The average Bonchev–Trinajstić information content (AvgIpc) is 2.19. The van der Waals surface area contributed by atoms with E-state index in [1.807, 2.05) is 0 Å². The van der Waals surface area contributed by atoms with Gasteiger partial charge in [-0.3, -0.25) is 0 Å². The van der Waals surface area contributed by atoms with Crippen molar-refractivity contribution in [3.05, 3.63) is 23.8 Å². The molecule has 16 heavy (non-hydrogen) atoms. The molecule has 0 bridgehead atoms. The normalized spacial score (nSPS) is 13.7. The van der Waals surface area contributed by atoms with Gasteiger partial charge < -0.3 is 10.8 Å². The van der Waals surface area contributed by atoms with E-state index in [1.54, 1.807) is 13.0 Å². The van der Waals surface area contributed by atoms with Crippen LogP contribution in [0.25, 0.3) is 0 Å². The van der Waals surface area contributed by atoms with Crippen LogP contribution in [0.4, 0.5) is 5.69 Å². The van der Waals surface area contributed by atoms with Gasteiger partial charge in [-0.1, -0.05) is 6.07 Å². The number of nitrogen functional groups attached to an aromatic ring is 1. The molecule has 0 fully saturated rings. The molecule has 1 rings (SSSR count). The Morgan fingerprint density at radius 3 is 2.62 bits per heavy atom. The highest BCUT2D eigenvalue weighted by Gasteiger charge is 2.14. The van der Waals surface area contributed by atoms with E-state index in [0.717, 1.165) is 5.56 Å². The second kappa shape index (κ2) is 4.82. The Kier molecular flexibility index (Phi) is 3.90. The van der Waals surface area contributed by atoms with Crippen molar-refractivity contribution in [3.8, 4) is 0 Å². The molecular weight excluding hydrogens is 228 g/mol. The van der Waals surface area contributed by atoms with Crippen LogP contribution in [0.2, 0.25) is 0 Å². The molecule has 5 nitrogen and oxygen atoms in total. The van der Waals surface area contributed by atoms with Gasteiger partial charge >= 0.3 is 0 Å². The first-order chi connectivity index (χ1) is 7.33. The molecule has 0 aliphatic heterocycles. The summed E-state index contributed by atoms with van der Waals surface area (Å²) in [5.74, 6) is 0. The van der Waals surface area contributed by atoms with Crippen LogP contribution in [0.5, 0.6) is 0 Å². The van der Waals surface area contributed by atoms with Crippen molar-refractivity contribution in [2.24, 2.45) is 0 Å². The van der Waals surface area contributed by atoms with Crippen LogP contribution in [0.3, 0.4) is 0 Å². The van der Waals surface area contributed by atoms with Crippen LogP contribution >= 0.6 is 0 Å². The van der Waals surface area contributed by atoms with Crippen LogP contribution < -0.4 is 10.5 Å². The topological polar surface area (TPSA) is 92.4 Å². The molecule has 0 radical (unpaired) electrons. The molecule has 0 spiro atoms. The molecule has 0 aromatic heterocycles. The van der Waals surface area contributed by atoms with E-state index in [2.05, 4.69) is 4.72 Å². The Balaban J connectivity index is 2.94. The third-order valence-electron chi connectivity index (χ3n) is 2.13. The second-order valence-corrected chi connectivity index (χ2v) is 5.49. The van der Waals surface area contributed by atoms with Gasteiger partial charge in [-0.25, -0.2) is 13.1 Å². The molecule has 0 amide bonds. The van der Waals surface area contributed by atoms with Gasteiger partial charge in [0.25, 0.3) is 0 Å². The van der Waals surface area contributed by atoms with Gasteiger partial charge in [-0.05, 0) is 31.5 Å². The van der Waals surface area contributed by atoms with Crippen molar-refractivity contribution in [1.82, 2.24) is 4.72 Å². The highest BCUT2D eigenvalue weighted by atomic mass is 32.2. The summed E-state index contributed by atoms with van der Waals surface area (Å²) in [5, 5.41) is 9.01. The highest BCUT2D eigenvalue weighted by Crippen LogP contribution is 2.16. The smallest absolute Gasteiger partial charge is 0.240 e. The predicted octanol–water partition coefficient (Wildman–Crippen LogP) is 0.236. The first-order valence-electron chi connectivity index (χ1n) is 4.87. The van der Waals surface area contributed by atoms with E-state index in [9.17, 15) is 8.42 Å². The molecule has 0 saturated carbocycles. The molecule has 0 heterocycles. The Morgan fingerprint density at radius 1 is 1.50 bits per heavy atom. The van der Waals surface area contributed by atoms with Crippen LogP contribution in [-0.2, 0) is 10.0 Å². The number of anilines is 1. The van der Waals surface area contributed by atoms with Gasteiger partial charge in [0, 0.05) is 12.2 Å². The Morgan fingerprint density at radius 2 is 2.12 bits per heavy atom. The standard InChI is InChI=1S/C10H16N2O3S/c1-7-3-4-9(5-10(7)11)16(14,15)12-6-8(2)13/h3-5,8,12-13H,6,11H2,1-2H3. The summed E-state index contributed by atoms with van der Waals surface area (Å²) in [5.41, 5.74) is 6.89. The molecule has 90 valence electrons. The van der Waals surface area contributed by atoms with Crippen LogP contribution in [0.15, 0.2) is 23.1 Å². The zero-order valence-corrected chi connectivity index (χ0v) is 10.1. The number of rotatable bonds is 4. The first-order valence-corrected chi connectivity index (χ1v) is 6.35. The van der Waals surface area contributed by atoms with E-state index in [4.69, 9.17) is 10.8 Å². The fourth-order valence-electron chi connectivity index (χ4n) is 1.10. The summed E-state index contributed by atoms with van der Waals surface area (Å²) in [6.45, 7) is 3.29. The minimum Gasteiger partial charge on any atom is -0.398 e. The van der Waals surface area contributed by atoms with Crippen LogP contribution in [0, 0.1) is 6.92 Å². The van der Waals surface area contributed by atoms with Crippen molar-refractivity contribution in [1.29, 1.82) is 0 Å². The van der Waals surface area contributed by atoms with Crippen LogP contribution in [0.1, 0.15) is 12.5 Å². The van der Waals surface area contributed by atoms with E-state index in [-0.39, 0.29) is 11.4 Å². The lowest BCUT2D eigenvalue weighted by Crippen LogP contribution is -2.30. The minimum atomic E-state index is -3.58. The maximum absolute atomic E-state index is 11.7. The number of aryl methyl sites for hydroxylation is 1. The van der Waals surface area contributed by atoms with Gasteiger partial charge in [0.05, 0.1) is 11.0 Å².